The van der Waals surface area contributed by atoms with Gasteiger partial charge in [0.25, 0.3) is 0 Å². The summed E-state index contributed by atoms with van der Waals surface area (Å²) in [7, 11) is 0. The van der Waals surface area contributed by atoms with Crippen molar-refractivity contribution in [2.45, 2.75) is 12.5 Å². The Morgan fingerprint density at radius 1 is 1.26 bits per heavy atom. The summed E-state index contributed by atoms with van der Waals surface area (Å²) in [5.74, 6) is -0.00240. The van der Waals surface area contributed by atoms with Crippen LogP contribution in [-0.4, -0.2) is 25.0 Å². The summed E-state index contributed by atoms with van der Waals surface area (Å²) in [5.41, 5.74) is 3.03. The van der Waals surface area contributed by atoms with Crippen LogP contribution in [0.25, 0.3) is 0 Å². The largest absolute Gasteiger partial charge is 0.348 e. The van der Waals surface area contributed by atoms with Crippen molar-refractivity contribution in [1.82, 2.24) is 10.6 Å². The molecule has 0 saturated carbocycles. The molecule has 2 heterocycles. The predicted octanol–water partition coefficient (Wildman–Crippen LogP) is 1.38. The smallest absolute Gasteiger partial charge is 0.245 e. The SMILES string of the molecule is C=C1CNC(C2=CN(c3ccccc3)CC2)C(=O)N1. The maximum Gasteiger partial charge on any atom is 0.245 e. The van der Waals surface area contributed by atoms with E-state index in [0.717, 1.165) is 29.9 Å². The molecule has 1 unspecified atom stereocenters. The van der Waals surface area contributed by atoms with E-state index in [9.17, 15) is 4.79 Å². The van der Waals surface area contributed by atoms with E-state index in [0.29, 0.717) is 6.54 Å². The molecule has 2 aliphatic heterocycles. The van der Waals surface area contributed by atoms with Crippen molar-refractivity contribution in [3.63, 3.8) is 0 Å². The van der Waals surface area contributed by atoms with Gasteiger partial charge in [0.1, 0.15) is 6.04 Å². The zero-order valence-electron chi connectivity index (χ0n) is 10.7. The molecule has 0 aromatic heterocycles. The Balaban J connectivity index is 1.76. The summed E-state index contributed by atoms with van der Waals surface area (Å²) in [5, 5.41) is 6.03. The van der Waals surface area contributed by atoms with Crippen LogP contribution in [0.5, 0.6) is 0 Å². The maximum absolute atomic E-state index is 11.9. The fourth-order valence-electron chi connectivity index (χ4n) is 2.53. The number of para-hydroxylation sites is 1. The second-order valence-electron chi connectivity index (χ2n) is 4.89. The van der Waals surface area contributed by atoms with Crippen molar-refractivity contribution in [1.29, 1.82) is 0 Å². The Morgan fingerprint density at radius 3 is 2.79 bits per heavy atom. The van der Waals surface area contributed by atoms with E-state index in [1.807, 2.05) is 18.2 Å². The molecule has 1 aromatic rings. The zero-order valence-corrected chi connectivity index (χ0v) is 10.7. The van der Waals surface area contributed by atoms with Crippen LogP contribution in [0.3, 0.4) is 0 Å². The summed E-state index contributed by atoms with van der Waals surface area (Å²) in [6, 6.07) is 9.99. The molecule has 1 aromatic carbocycles. The van der Waals surface area contributed by atoms with Gasteiger partial charge in [0.05, 0.1) is 0 Å². The molecule has 3 rings (SSSR count). The lowest BCUT2D eigenvalue weighted by Gasteiger charge is -2.25. The summed E-state index contributed by atoms with van der Waals surface area (Å²) < 4.78 is 0. The van der Waals surface area contributed by atoms with E-state index in [-0.39, 0.29) is 11.9 Å². The number of nitrogens with zero attached hydrogens (tertiary/aromatic N) is 1. The Kier molecular flexibility index (Phi) is 3.09. The lowest BCUT2D eigenvalue weighted by Crippen LogP contribution is -2.52. The molecule has 1 saturated heterocycles. The lowest BCUT2D eigenvalue weighted by molar-refractivity contribution is -0.122. The second-order valence-corrected chi connectivity index (χ2v) is 4.89. The van der Waals surface area contributed by atoms with Crippen molar-refractivity contribution < 1.29 is 4.79 Å². The van der Waals surface area contributed by atoms with E-state index < -0.39 is 0 Å². The number of amides is 1. The van der Waals surface area contributed by atoms with Gasteiger partial charge in [-0.05, 0) is 24.1 Å². The number of anilines is 1. The van der Waals surface area contributed by atoms with Crippen LogP contribution < -0.4 is 15.5 Å². The summed E-state index contributed by atoms with van der Waals surface area (Å²) >= 11 is 0. The predicted molar refractivity (Wildman–Crippen MR) is 75.6 cm³/mol. The molecular formula is C15H17N3O. The second kappa shape index (κ2) is 4.90. The molecule has 0 radical (unpaired) electrons. The zero-order chi connectivity index (χ0) is 13.2. The Morgan fingerprint density at radius 2 is 2.05 bits per heavy atom. The highest BCUT2D eigenvalue weighted by molar-refractivity contribution is 5.87. The Bertz CT molecular complexity index is 536. The van der Waals surface area contributed by atoms with E-state index in [4.69, 9.17) is 0 Å². The van der Waals surface area contributed by atoms with Gasteiger partial charge in [0, 0.05) is 30.7 Å². The summed E-state index contributed by atoms with van der Waals surface area (Å²) in [6.07, 6.45) is 2.99. The van der Waals surface area contributed by atoms with Gasteiger partial charge in [-0.3, -0.25) is 10.1 Å². The van der Waals surface area contributed by atoms with Gasteiger partial charge in [0.2, 0.25) is 5.91 Å². The molecule has 1 atom stereocenters. The van der Waals surface area contributed by atoms with E-state index in [2.05, 4.69) is 40.4 Å². The number of piperazine rings is 1. The van der Waals surface area contributed by atoms with Gasteiger partial charge >= 0.3 is 0 Å². The summed E-state index contributed by atoms with van der Waals surface area (Å²) in [6.45, 7) is 5.32. The number of hydrogen-bond acceptors (Lipinski definition) is 3. The lowest BCUT2D eigenvalue weighted by atomic mass is 10.0. The van der Waals surface area contributed by atoms with Gasteiger partial charge in [-0.15, -0.1) is 0 Å². The fraction of sp³-hybridized carbons (Fsp3) is 0.267. The number of carbonyl (C=O) groups is 1. The highest BCUT2D eigenvalue weighted by Gasteiger charge is 2.29. The number of rotatable bonds is 2. The molecule has 0 bridgehead atoms. The monoisotopic (exact) mass is 255 g/mol. The molecule has 1 amide bonds. The topological polar surface area (TPSA) is 44.4 Å². The van der Waals surface area contributed by atoms with E-state index >= 15 is 0 Å². The van der Waals surface area contributed by atoms with Crippen LogP contribution in [0.15, 0.2) is 54.4 Å². The van der Waals surface area contributed by atoms with Crippen LogP contribution in [0.2, 0.25) is 0 Å². The van der Waals surface area contributed by atoms with Crippen LogP contribution in [0, 0.1) is 0 Å². The number of benzene rings is 1. The first-order valence-electron chi connectivity index (χ1n) is 6.48. The average molecular weight is 255 g/mol. The highest BCUT2D eigenvalue weighted by Crippen LogP contribution is 2.25. The van der Waals surface area contributed by atoms with Crippen molar-refractivity contribution in [3.8, 4) is 0 Å². The quantitative estimate of drug-likeness (QED) is 0.839. The third kappa shape index (κ3) is 2.39. The molecule has 19 heavy (non-hydrogen) atoms. The third-order valence-electron chi connectivity index (χ3n) is 3.50. The first kappa shape index (κ1) is 12.0. The molecule has 4 heteroatoms. The van der Waals surface area contributed by atoms with Crippen molar-refractivity contribution in [3.05, 3.63) is 54.4 Å². The maximum atomic E-state index is 11.9. The van der Waals surface area contributed by atoms with Crippen LogP contribution in [0.1, 0.15) is 6.42 Å². The van der Waals surface area contributed by atoms with Crippen LogP contribution >= 0.6 is 0 Å². The Labute approximate surface area is 112 Å². The summed E-state index contributed by atoms with van der Waals surface area (Å²) in [4.78, 5) is 14.1. The van der Waals surface area contributed by atoms with Crippen molar-refractivity contribution in [2.24, 2.45) is 0 Å². The average Bonchev–Trinajstić information content (AvgIpc) is 2.89. The highest BCUT2D eigenvalue weighted by atomic mass is 16.2. The number of nitrogens with one attached hydrogen (secondary N) is 2. The molecular weight excluding hydrogens is 238 g/mol. The van der Waals surface area contributed by atoms with Crippen LogP contribution in [-0.2, 0) is 4.79 Å². The standard InChI is InChI=1S/C15H17N3O/c1-11-9-16-14(15(19)17-11)12-7-8-18(10-12)13-5-3-2-4-6-13/h2-6,10,14,16H,1,7-9H2,(H,17,19). The van der Waals surface area contributed by atoms with E-state index in [1.165, 1.54) is 0 Å². The van der Waals surface area contributed by atoms with Crippen LogP contribution in [0.4, 0.5) is 5.69 Å². The third-order valence-corrected chi connectivity index (χ3v) is 3.50. The number of carbonyl (C=O) groups excluding carboxylic acids is 1. The molecule has 4 nitrogen and oxygen atoms in total. The van der Waals surface area contributed by atoms with Gasteiger partial charge in [-0.2, -0.15) is 0 Å². The molecule has 0 aliphatic carbocycles. The van der Waals surface area contributed by atoms with Crippen molar-refractivity contribution >= 4 is 11.6 Å². The van der Waals surface area contributed by atoms with Crippen molar-refractivity contribution in [2.75, 3.05) is 18.0 Å². The minimum Gasteiger partial charge on any atom is -0.348 e. The Hall–Kier alpha value is -2.07. The van der Waals surface area contributed by atoms with Gasteiger partial charge < -0.3 is 10.2 Å². The van der Waals surface area contributed by atoms with E-state index in [1.54, 1.807) is 0 Å². The first-order chi connectivity index (χ1) is 9.24. The van der Waals surface area contributed by atoms with Gasteiger partial charge in [0.15, 0.2) is 0 Å². The minimum atomic E-state index is -0.223. The normalized spacial score (nSPS) is 23.3. The first-order valence-corrected chi connectivity index (χ1v) is 6.48. The number of hydrogen-bond donors (Lipinski definition) is 2. The molecule has 0 spiro atoms. The van der Waals surface area contributed by atoms with Gasteiger partial charge in [-0.25, -0.2) is 0 Å². The fourth-order valence-corrected chi connectivity index (χ4v) is 2.53. The molecule has 98 valence electrons. The molecule has 2 N–H and O–H groups in total. The van der Waals surface area contributed by atoms with Gasteiger partial charge in [-0.1, -0.05) is 24.8 Å². The molecule has 2 aliphatic rings. The minimum absolute atomic E-state index is 0.00240. The molecule has 1 fully saturated rings.